The molecule has 4 rings (SSSR count). The number of piperidine rings is 1. The molecule has 0 aliphatic carbocycles. The lowest BCUT2D eigenvalue weighted by atomic mass is 9.92. The average molecular weight is 343 g/mol. The first-order valence-electron chi connectivity index (χ1n) is 8.92. The van der Waals surface area contributed by atoms with E-state index in [2.05, 4.69) is 4.98 Å². The van der Waals surface area contributed by atoms with E-state index in [1.165, 1.54) is 4.90 Å². The standard InChI is InChI=1S/C19H22FN3O2/c20-19(18(25)22-9-1-2-10-22)7-3-11-23(13-19)17(24)15-4-5-16-14(12-15)6-8-21-16/h4-6,8,12,21H,1-3,7,9-11,13H2. The zero-order valence-corrected chi connectivity index (χ0v) is 14.1. The molecule has 1 aromatic carbocycles. The topological polar surface area (TPSA) is 56.4 Å². The highest BCUT2D eigenvalue weighted by Crippen LogP contribution is 2.30. The molecular weight excluding hydrogens is 321 g/mol. The Bertz CT molecular complexity index is 812. The van der Waals surface area contributed by atoms with Crippen LogP contribution in [0.4, 0.5) is 4.39 Å². The Morgan fingerprint density at radius 3 is 2.60 bits per heavy atom. The predicted molar refractivity (Wildman–Crippen MR) is 93.1 cm³/mol. The fraction of sp³-hybridized carbons (Fsp3) is 0.474. The summed E-state index contributed by atoms with van der Waals surface area (Å²) in [7, 11) is 0. The van der Waals surface area contributed by atoms with Crippen molar-refractivity contribution in [2.24, 2.45) is 0 Å². The van der Waals surface area contributed by atoms with Crippen LogP contribution in [0.3, 0.4) is 0 Å². The number of fused-ring (bicyclic) bond motifs is 1. The number of carbonyl (C=O) groups excluding carboxylic acids is 2. The van der Waals surface area contributed by atoms with Gasteiger partial charge in [-0.05, 0) is 49.9 Å². The maximum absolute atomic E-state index is 15.4. The van der Waals surface area contributed by atoms with E-state index in [4.69, 9.17) is 0 Å². The van der Waals surface area contributed by atoms with Crippen molar-refractivity contribution >= 4 is 22.7 Å². The van der Waals surface area contributed by atoms with E-state index >= 15 is 4.39 Å². The van der Waals surface area contributed by atoms with Crippen molar-refractivity contribution in [3.63, 3.8) is 0 Å². The van der Waals surface area contributed by atoms with Crippen molar-refractivity contribution in [2.45, 2.75) is 31.4 Å². The number of nitrogens with zero attached hydrogens (tertiary/aromatic N) is 2. The average Bonchev–Trinajstić information content (AvgIpc) is 3.31. The SMILES string of the molecule is O=C(c1ccc2[nH]ccc2c1)N1CCCC(F)(C(=O)N2CCCC2)C1. The van der Waals surface area contributed by atoms with Gasteiger partial charge in [0.25, 0.3) is 11.8 Å². The first-order valence-corrected chi connectivity index (χ1v) is 8.92. The van der Waals surface area contributed by atoms with Crippen molar-refractivity contribution in [3.05, 3.63) is 36.0 Å². The number of rotatable bonds is 2. The number of nitrogens with one attached hydrogen (secondary N) is 1. The molecule has 25 heavy (non-hydrogen) atoms. The van der Waals surface area contributed by atoms with Gasteiger partial charge in [0, 0.05) is 42.3 Å². The van der Waals surface area contributed by atoms with Crippen molar-refractivity contribution in [2.75, 3.05) is 26.2 Å². The lowest BCUT2D eigenvalue weighted by Gasteiger charge is -2.38. The molecule has 0 radical (unpaired) electrons. The van der Waals surface area contributed by atoms with Crippen LogP contribution < -0.4 is 0 Å². The van der Waals surface area contributed by atoms with Gasteiger partial charge in [-0.3, -0.25) is 9.59 Å². The minimum Gasteiger partial charge on any atom is -0.361 e. The summed E-state index contributed by atoms with van der Waals surface area (Å²) in [5, 5.41) is 0.947. The minimum absolute atomic E-state index is 0.146. The molecule has 5 nitrogen and oxygen atoms in total. The second-order valence-corrected chi connectivity index (χ2v) is 7.07. The first kappa shape index (κ1) is 16.1. The summed E-state index contributed by atoms with van der Waals surface area (Å²) in [5.41, 5.74) is -0.458. The number of hydrogen-bond donors (Lipinski definition) is 1. The van der Waals surface area contributed by atoms with Crippen LogP contribution in [-0.4, -0.2) is 58.4 Å². The summed E-state index contributed by atoms with van der Waals surface area (Å²) < 4.78 is 15.4. The van der Waals surface area contributed by atoms with Gasteiger partial charge >= 0.3 is 0 Å². The second-order valence-electron chi connectivity index (χ2n) is 7.07. The largest absolute Gasteiger partial charge is 0.361 e. The molecule has 2 amide bonds. The number of amides is 2. The van der Waals surface area contributed by atoms with Crippen molar-refractivity contribution in [1.29, 1.82) is 0 Å². The van der Waals surface area contributed by atoms with E-state index in [9.17, 15) is 9.59 Å². The summed E-state index contributed by atoms with van der Waals surface area (Å²) in [5.74, 6) is -0.650. The number of halogens is 1. The molecule has 1 aromatic heterocycles. The molecule has 0 spiro atoms. The second kappa shape index (κ2) is 6.17. The van der Waals surface area contributed by atoms with Crippen LogP contribution in [0.5, 0.6) is 0 Å². The Hall–Kier alpha value is -2.37. The maximum atomic E-state index is 15.4. The van der Waals surface area contributed by atoms with E-state index < -0.39 is 11.6 Å². The van der Waals surface area contributed by atoms with Crippen LogP contribution in [0.2, 0.25) is 0 Å². The Kier molecular flexibility index (Phi) is 3.98. The van der Waals surface area contributed by atoms with E-state index in [1.807, 2.05) is 24.4 Å². The van der Waals surface area contributed by atoms with Crippen molar-refractivity contribution < 1.29 is 14.0 Å². The van der Waals surface area contributed by atoms with Gasteiger partial charge in [0.2, 0.25) is 5.67 Å². The number of aromatic nitrogens is 1. The van der Waals surface area contributed by atoms with Gasteiger partial charge in [0.15, 0.2) is 0 Å². The quantitative estimate of drug-likeness (QED) is 0.911. The summed E-state index contributed by atoms with van der Waals surface area (Å²) in [6.45, 7) is 1.60. The van der Waals surface area contributed by atoms with Gasteiger partial charge in [-0.25, -0.2) is 4.39 Å². The number of H-pyrrole nitrogens is 1. The molecule has 2 aliphatic rings. The summed E-state index contributed by atoms with van der Waals surface area (Å²) in [6.07, 6.45) is 4.39. The van der Waals surface area contributed by atoms with Gasteiger partial charge in [0.05, 0.1) is 6.54 Å². The third-order valence-corrected chi connectivity index (χ3v) is 5.31. The maximum Gasteiger partial charge on any atom is 0.262 e. The van der Waals surface area contributed by atoms with Crippen molar-refractivity contribution in [3.8, 4) is 0 Å². The molecule has 2 aliphatic heterocycles. The third-order valence-electron chi connectivity index (χ3n) is 5.31. The molecule has 132 valence electrons. The van der Waals surface area contributed by atoms with Gasteiger partial charge in [-0.2, -0.15) is 0 Å². The van der Waals surface area contributed by atoms with E-state index in [0.717, 1.165) is 23.7 Å². The molecule has 2 aromatic rings. The number of likely N-dealkylation sites (tertiary alicyclic amines) is 2. The van der Waals surface area contributed by atoms with Gasteiger partial charge in [-0.15, -0.1) is 0 Å². The Labute approximate surface area is 145 Å². The molecule has 1 atom stereocenters. The van der Waals surface area contributed by atoms with Crippen LogP contribution in [-0.2, 0) is 4.79 Å². The fourth-order valence-electron chi connectivity index (χ4n) is 3.93. The normalized spacial score (nSPS) is 24.0. The molecule has 0 bridgehead atoms. The lowest BCUT2D eigenvalue weighted by molar-refractivity contribution is -0.146. The highest BCUT2D eigenvalue weighted by Gasteiger charge is 2.46. The van der Waals surface area contributed by atoms with E-state index in [1.54, 1.807) is 11.0 Å². The van der Waals surface area contributed by atoms with Crippen LogP contribution in [0.1, 0.15) is 36.0 Å². The molecule has 2 saturated heterocycles. The Morgan fingerprint density at radius 1 is 1.04 bits per heavy atom. The number of carbonyl (C=O) groups is 2. The van der Waals surface area contributed by atoms with Gasteiger partial charge in [-0.1, -0.05) is 0 Å². The lowest BCUT2D eigenvalue weighted by Crippen LogP contribution is -2.56. The van der Waals surface area contributed by atoms with Crippen LogP contribution in [0, 0.1) is 0 Å². The van der Waals surface area contributed by atoms with Crippen LogP contribution in [0.25, 0.3) is 10.9 Å². The van der Waals surface area contributed by atoms with E-state index in [0.29, 0.717) is 31.6 Å². The predicted octanol–water partition coefficient (Wildman–Crippen LogP) is 2.73. The van der Waals surface area contributed by atoms with Gasteiger partial charge < -0.3 is 14.8 Å². The Balaban J connectivity index is 1.53. The molecule has 2 fully saturated rings. The minimum atomic E-state index is -1.95. The molecule has 1 unspecified atom stereocenters. The molecular formula is C19H22FN3O2. The zero-order valence-electron chi connectivity index (χ0n) is 14.1. The fourth-order valence-corrected chi connectivity index (χ4v) is 3.93. The molecule has 3 heterocycles. The van der Waals surface area contributed by atoms with Gasteiger partial charge in [0.1, 0.15) is 0 Å². The Morgan fingerprint density at radius 2 is 1.80 bits per heavy atom. The summed E-state index contributed by atoms with van der Waals surface area (Å²) in [6, 6.07) is 7.31. The summed E-state index contributed by atoms with van der Waals surface area (Å²) in [4.78, 5) is 31.6. The number of hydrogen-bond acceptors (Lipinski definition) is 2. The monoisotopic (exact) mass is 343 g/mol. The first-order chi connectivity index (χ1) is 12.1. The highest BCUT2D eigenvalue weighted by molar-refractivity contribution is 5.98. The summed E-state index contributed by atoms with van der Waals surface area (Å²) >= 11 is 0. The zero-order chi connectivity index (χ0) is 17.4. The highest BCUT2D eigenvalue weighted by atomic mass is 19.1. The molecule has 6 heteroatoms. The number of alkyl halides is 1. The number of benzene rings is 1. The van der Waals surface area contributed by atoms with Crippen molar-refractivity contribution in [1.82, 2.24) is 14.8 Å². The smallest absolute Gasteiger partial charge is 0.262 e. The van der Waals surface area contributed by atoms with E-state index in [-0.39, 0.29) is 18.9 Å². The molecule has 0 saturated carbocycles. The van der Waals surface area contributed by atoms with Crippen LogP contribution in [0.15, 0.2) is 30.5 Å². The number of aromatic amines is 1. The third kappa shape index (κ3) is 2.90. The van der Waals surface area contributed by atoms with Crippen LogP contribution >= 0.6 is 0 Å². The molecule has 1 N–H and O–H groups in total.